The lowest BCUT2D eigenvalue weighted by Crippen LogP contribution is -2.44. The highest BCUT2D eigenvalue weighted by atomic mass is 16.2. The molecule has 0 spiro atoms. The third kappa shape index (κ3) is 5.66. The van der Waals surface area contributed by atoms with Crippen LogP contribution in [0.2, 0.25) is 0 Å². The van der Waals surface area contributed by atoms with Crippen LogP contribution in [0, 0.1) is 5.92 Å². The summed E-state index contributed by atoms with van der Waals surface area (Å²) < 4.78 is 0. The zero-order valence-electron chi connectivity index (χ0n) is 18.7. The first-order valence-electron chi connectivity index (χ1n) is 11.4. The molecule has 1 saturated heterocycles. The Bertz CT molecular complexity index is 1020. The van der Waals surface area contributed by atoms with Crippen molar-refractivity contribution in [2.75, 3.05) is 25.0 Å². The van der Waals surface area contributed by atoms with Gasteiger partial charge >= 0.3 is 0 Å². The van der Waals surface area contributed by atoms with Gasteiger partial charge in [-0.2, -0.15) is 4.99 Å². The summed E-state index contributed by atoms with van der Waals surface area (Å²) in [6.07, 6.45) is 3.24. The fourth-order valence-corrected chi connectivity index (χ4v) is 3.64. The Morgan fingerprint density at radius 2 is 1.84 bits per heavy atom. The Labute approximate surface area is 189 Å². The van der Waals surface area contributed by atoms with E-state index in [-0.39, 0.29) is 11.8 Å². The number of hydrogen-bond donors (Lipinski definition) is 4. The molecule has 0 radical (unpaired) electrons. The van der Waals surface area contributed by atoms with Crippen LogP contribution in [-0.2, 0) is 0 Å². The molecular formula is C25H31N5O2. The standard InChI is InChI=1S/C25H31N5O2/c1-16(2)15-28-23(31)18-5-3-6-20(13-18)29-22-10-9-19(14-21(22)17-7-8-17)24(32)30-25-26-11-4-12-27-25/h3,5-6,9-10,13-14,16-17,29H,4,7-8,11-12,15H2,1-2H3,(H,28,31)(H2,26,27,30,32). The number of nitrogens with zero attached hydrogens (tertiary/aromatic N) is 1. The van der Waals surface area contributed by atoms with E-state index in [4.69, 9.17) is 0 Å². The zero-order chi connectivity index (χ0) is 22.5. The second-order valence-corrected chi connectivity index (χ2v) is 8.86. The second kappa shape index (κ2) is 9.85. The van der Waals surface area contributed by atoms with Crippen LogP contribution in [0.1, 0.15) is 65.3 Å². The molecule has 2 fully saturated rings. The third-order valence-electron chi connectivity index (χ3n) is 5.54. The Morgan fingerprint density at radius 3 is 2.56 bits per heavy atom. The minimum Gasteiger partial charge on any atom is -0.356 e. The van der Waals surface area contributed by atoms with Crippen LogP contribution in [0.25, 0.3) is 0 Å². The van der Waals surface area contributed by atoms with Crippen molar-refractivity contribution in [2.24, 2.45) is 10.9 Å². The Morgan fingerprint density at radius 1 is 1.06 bits per heavy atom. The van der Waals surface area contributed by atoms with Crippen LogP contribution in [-0.4, -0.2) is 37.4 Å². The molecular weight excluding hydrogens is 402 g/mol. The molecule has 0 unspecified atom stereocenters. The van der Waals surface area contributed by atoms with E-state index in [2.05, 4.69) is 40.1 Å². The van der Waals surface area contributed by atoms with Crippen LogP contribution in [0.15, 0.2) is 47.5 Å². The lowest BCUT2D eigenvalue weighted by Gasteiger charge is -2.17. The van der Waals surface area contributed by atoms with E-state index in [0.717, 1.165) is 49.3 Å². The van der Waals surface area contributed by atoms with Crippen LogP contribution in [0.3, 0.4) is 0 Å². The number of carbonyl (C=O) groups excluding carboxylic acids is 2. The number of hydrogen-bond acceptors (Lipinski definition) is 3. The maximum Gasteiger partial charge on any atom is 0.280 e. The molecule has 0 aromatic heterocycles. The van der Waals surface area contributed by atoms with Crippen molar-refractivity contribution in [2.45, 2.75) is 39.0 Å². The van der Waals surface area contributed by atoms with Crippen molar-refractivity contribution in [1.82, 2.24) is 16.0 Å². The van der Waals surface area contributed by atoms with Gasteiger partial charge in [0.2, 0.25) is 0 Å². The number of anilines is 2. The molecule has 7 nitrogen and oxygen atoms in total. The van der Waals surface area contributed by atoms with E-state index in [1.54, 1.807) is 0 Å². The smallest absolute Gasteiger partial charge is 0.280 e. The van der Waals surface area contributed by atoms with Gasteiger partial charge in [0.15, 0.2) is 5.96 Å². The van der Waals surface area contributed by atoms with Crippen molar-refractivity contribution < 1.29 is 9.59 Å². The van der Waals surface area contributed by atoms with Crippen molar-refractivity contribution >= 4 is 29.1 Å². The summed E-state index contributed by atoms with van der Waals surface area (Å²) in [5.74, 6) is 1.07. The maximum atomic E-state index is 12.7. The van der Waals surface area contributed by atoms with Gasteiger partial charge in [-0.1, -0.05) is 19.9 Å². The Kier molecular flexibility index (Phi) is 6.73. The van der Waals surface area contributed by atoms with Crippen LogP contribution < -0.4 is 21.3 Å². The molecule has 2 amide bonds. The van der Waals surface area contributed by atoms with Crippen LogP contribution in [0.5, 0.6) is 0 Å². The minimum absolute atomic E-state index is 0.0743. The number of amides is 2. The highest BCUT2D eigenvalue weighted by molar-refractivity contribution is 6.03. The van der Waals surface area contributed by atoms with Gasteiger partial charge in [0.25, 0.3) is 11.8 Å². The first-order chi connectivity index (χ1) is 15.5. The predicted molar refractivity (Wildman–Crippen MR) is 128 cm³/mol. The Balaban J connectivity index is 1.51. The van der Waals surface area contributed by atoms with Gasteiger partial charge in [0, 0.05) is 42.1 Å². The number of benzene rings is 2. The van der Waals surface area contributed by atoms with E-state index in [0.29, 0.717) is 35.5 Å². The summed E-state index contributed by atoms with van der Waals surface area (Å²) >= 11 is 0. The monoisotopic (exact) mass is 433 g/mol. The fourth-order valence-electron chi connectivity index (χ4n) is 3.64. The molecule has 0 bridgehead atoms. The van der Waals surface area contributed by atoms with E-state index in [9.17, 15) is 9.59 Å². The van der Waals surface area contributed by atoms with Gasteiger partial charge in [-0.05, 0) is 73.1 Å². The summed E-state index contributed by atoms with van der Waals surface area (Å²) in [4.78, 5) is 29.3. The molecule has 1 aliphatic carbocycles. The first kappa shape index (κ1) is 21.9. The summed E-state index contributed by atoms with van der Waals surface area (Å²) in [5.41, 5.74) is 4.14. The second-order valence-electron chi connectivity index (χ2n) is 8.86. The predicted octanol–water partition coefficient (Wildman–Crippen LogP) is 3.77. The number of nitrogens with one attached hydrogen (secondary N) is 4. The topological polar surface area (TPSA) is 94.6 Å². The number of rotatable bonds is 7. The van der Waals surface area contributed by atoms with Gasteiger partial charge in [0.1, 0.15) is 0 Å². The lowest BCUT2D eigenvalue weighted by atomic mass is 10.0. The summed E-state index contributed by atoms with van der Waals surface area (Å²) in [6.45, 7) is 6.43. The summed E-state index contributed by atoms with van der Waals surface area (Å²) in [7, 11) is 0. The average Bonchev–Trinajstić information content (AvgIpc) is 3.64. The molecule has 1 heterocycles. The molecule has 2 aromatic carbocycles. The molecule has 0 atom stereocenters. The zero-order valence-corrected chi connectivity index (χ0v) is 18.7. The molecule has 7 heteroatoms. The highest BCUT2D eigenvalue weighted by Crippen LogP contribution is 2.44. The molecule has 32 heavy (non-hydrogen) atoms. The molecule has 2 aliphatic rings. The van der Waals surface area contributed by atoms with Crippen molar-refractivity contribution in [3.8, 4) is 0 Å². The molecule has 2 aromatic rings. The molecule has 1 saturated carbocycles. The SMILES string of the molecule is CC(C)CNC(=O)c1cccc(Nc2ccc(C(=O)N=C3NCCCN3)cc2C2CC2)c1. The van der Waals surface area contributed by atoms with Gasteiger partial charge in [-0.25, -0.2) is 0 Å². The molecule has 4 rings (SSSR count). The van der Waals surface area contributed by atoms with Crippen LogP contribution >= 0.6 is 0 Å². The van der Waals surface area contributed by atoms with E-state index >= 15 is 0 Å². The quantitative estimate of drug-likeness (QED) is 0.533. The lowest BCUT2D eigenvalue weighted by molar-refractivity contribution is 0.0948. The van der Waals surface area contributed by atoms with E-state index in [1.165, 1.54) is 0 Å². The van der Waals surface area contributed by atoms with Crippen molar-refractivity contribution in [3.63, 3.8) is 0 Å². The maximum absolute atomic E-state index is 12.7. The average molecular weight is 434 g/mol. The van der Waals surface area contributed by atoms with Gasteiger partial charge in [0.05, 0.1) is 0 Å². The molecule has 1 aliphatic heterocycles. The Hall–Kier alpha value is -3.35. The van der Waals surface area contributed by atoms with Crippen LogP contribution in [0.4, 0.5) is 11.4 Å². The third-order valence-corrected chi connectivity index (χ3v) is 5.54. The number of guanidine groups is 1. The first-order valence-corrected chi connectivity index (χ1v) is 11.4. The minimum atomic E-state index is -0.251. The molecule has 4 N–H and O–H groups in total. The van der Waals surface area contributed by atoms with E-state index < -0.39 is 0 Å². The molecule has 168 valence electrons. The normalized spacial score (nSPS) is 15.5. The van der Waals surface area contributed by atoms with Crippen molar-refractivity contribution in [1.29, 1.82) is 0 Å². The van der Waals surface area contributed by atoms with Crippen molar-refractivity contribution in [3.05, 3.63) is 59.2 Å². The summed E-state index contributed by atoms with van der Waals surface area (Å²) in [5, 5.41) is 12.6. The van der Waals surface area contributed by atoms with Gasteiger partial charge in [-0.15, -0.1) is 0 Å². The highest BCUT2D eigenvalue weighted by Gasteiger charge is 2.27. The van der Waals surface area contributed by atoms with Gasteiger partial charge < -0.3 is 21.3 Å². The number of aliphatic imine (C=N–C) groups is 1. The summed E-state index contributed by atoms with van der Waals surface area (Å²) in [6, 6.07) is 13.2. The fraction of sp³-hybridized carbons (Fsp3) is 0.400. The largest absolute Gasteiger partial charge is 0.356 e. The number of carbonyl (C=O) groups is 2. The van der Waals surface area contributed by atoms with Gasteiger partial charge in [-0.3, -0.25) is 9.59 Å². The van der Waals surface area contributed by atoms with E-state index in [1.807, 2.05) is 42.5 Å².